The van der Waals surface area contributed by atoms with E-state index in [-0.39, 0.29) is 0 Å². The molecule has 1 atom stereocenters. The molecule has 1 aromatic heterocycles. The van der Waals surface area contributed by atoms with Gasteiger partial charge in [-0.05, 0) is 49.9 Å². The summed E-state index contributed by atoms with van der Waals surface area (Å²) in [6.45, 7) is 4.34. The zero-order valence-electron chi connectivity index (χ0n) is 10.7. The van der Waals surface area contributed by atoms with Crippen LogP contribution in [0.25, 0.3) is 0 Å². The molecule has 1 unspecified atom stereocenters. The SMILES string of the molecule is CNC(Cc1cccc(C)c1)c1ccsc1C. The lowest BCUT2D eigenvalue weighted by Gasteiger charge is -2.16. The molecule has 0 bridgehead atoms. The summed E-state index contributed by atoms with van der Waals surface area (Å²) in [5.41, 5.74) is 4.16. The third kappa shape index (κ3) is 2.96. The Kier molecular flexibility index (Phi) is 3.97. The van der Waals surface area contributed by atoms with E-state index >= 15 is 0 Å². The van der Waals surface area contributed by atoms with E-state index in [1.807, 2.05) is 18.4 Å². The first-order valence-electron chi connectivity index (χ1n) is 5.97. The summed E-state index contributed by atoms with van der Waals surface area (Å²) < 4.78 is 0. The number of nitrogens with one attached hydrogen (secondary N) is 1. The first-order valence-corrected chi connectivity index (χ1v) is 6.85. The maximum Gasteiger partial charge on any atom is 0.0369 e. The summed E-state index contributed by atoms with van der Waals surface area (Å²) in [6, 6.07) is 11.4. The van der Waals surface area contributed by atoms with Crippen LogP contribution < -0.4 is 5.32 Å². The number of hydrogen-bond acceptors (Lipinski definition) is 2. The number of benzene rings is 1. The van der Waals surface area contributed by atoms with Crippen molar-refractivity contribution in [2.75, 3.05) is 7.05 Å². The summed E-state index contributed by atoms with van der Waals surface area (Å²) in [4.78, 5) is 1.41. The quantitative estimate of drug-likeness (QED) is 0.862. The molecule has 0 radical (unpaired) electrons. The summed E-state index contributed by atoms with van der Waals surface area (Å²) in [7, 11) is 2.04. The molecule has 1 aromatic carbocycles. The standard InChI is InChI=1S/C15H19NS/c1-11-5-4-6-13(9-11)10-15(16-3)14-7-8-17-12(14)2/h4-9,15-16H,10H2,1-3H3. The molecular formula is C15H19NS. The Morgan fingerprint density at radius 2 is 2.06 bits per heavy atom. The molecule has 2 rings (SSSR count). The highest BCUT2D eigenvalue weighted by Gasteiger charge is 2.13. The minimum Gasteiger partial charge on any atom is -0.313 e. The minimum atomic E-state index is 0.419. The van der Waals surface area contributed by atoms with Crippen LogP contribution in [0.3, 0.4) is 0 Å². The van der Waals surface area contributed by atoms with Crippen molar-refractivity contribution >= 4 is 11.3 Å². The molecule has 0 aliphatic rings. The molecule has 1 heterocycles. The third-order valence-corrected chi connectivity index (χ3v) is 4.01. The molecule has 0 aliphatic heterocycles. The zero-order chi connectivity index (χ0) is 12.3. The predicted octanol–water partition coefficient (Wildman–Crippen LogP) is 3.87. The smallest absolute Gasteiger partial charge is 0.0369 e. The Balaban J connectivity index is 2.19. The lowest BCUT2D eigenvalue weighted by atomic mass is 9.99. The van der Waals surface area contributed by atoms with Crippen molar-refractivity contribution < 1.29 is 0 Å². The molecule has 2 aromatic rings. The summed E-state index contributed by atoms with van der Waals surface area (Å²) >= 11 is 1.82. The Bertz CT molecular complexity index is 487. The number of aryl methyl sites for hydroxylation is 2. The molecule has 17 heavy (non-hydrogen) atoms. The van der Waals surface area contributed by atoms with Crippen LogP contribution in [-0.4, -0.2) is 7.05 Å². The molecule has 0 amide bonds. The molecule has 1 N–H and O–H groups in total. The fourth-order valence-corrected chi connectivity index (χ4v) is 2.96. The second kappa shape index (κ2) is 5.48. The van der Waals surface area contributed by atoms with Crippen LogP contribution >= 0.6 is 11.3 Å². The normalized spacial score (nSPS) is 12.6. The topological polar surface area (TPSA) is 12.0 Å². The van der Waals surface area contributed by atoms with Gasteiger partial charge in [-0.15, -0.1) is 11.3 Å². The molecule has 1 nitrogen and oxygen atoms in total. The average Bonchev–Trinajstić information content (AvgIpc) is 2.72. The molecule has 2 heteroatoms. The van der Waals surface area contributed by atoms with Crippen LogP contribution in [0, 0.1) is 13.8 Å². The highest BCUT2D eigenvalue weighted by atomic mass is 32.1. The Hall–Kier alpha value is -1.12. The highest BCUT2D eigenvalue weighted by Crippen LogP contribution is 2.25. The first kappa shape index (κ1) is 12.3. The number of likely N-dealkylation sites (N-methyl/N-ethyl adjacent to an activating group) is 1. The monoisotopic (exact) mass is 245 g/mol. The molecule has 0 fully saturated rings. The van der Waals surface area contributed by atoms with Gasteiger partial charge in [0.2, 0.25) is 0 Å². The number of rotatable bonds is 4. The van der Waals surface area contributed by atoms with E-state index in [9.17, 15) is 0 Å². The van der Waals surface area contributed by atoms with E-state index in [4.69, 9.17) is 0 Å². The van der Waals surface area contributed by atoms with Gasteiger partial charge in [0.15, 0.2) is 0 Å². The van der Waals surface area contributed by atoms with Gasteiger partial charge in [0, 0.05) is 10.9 Å². The molecule has 0 saturated carbocycles. The van der Waals surface area contributed by atoms with E-state index in [0.717, 1.165) is 6.42 Å². The van der Waals surface area contributed by atoms with Crippen molar-refractivity contribution in [3.8, 4) is 0 Å². The highest BCUT2D eigenvalue weighted by molar-refractivity contribution is 7.10. The van der Waals surface area contributed by atoms with Gasteiger partial charge in [-0.3, -0.25) is 0 Å². The van der Waals surface area contributed by atoms with E-state index in [1.165, 1.54) is 21.6 Å². The van der Waals surface area contributed by atoms with Gasteiger partial charge >= 0.3 is 0 Å². The van der Waals surface area contributed by atoms with Crippen molar-refractivity contribution in [3.05, 3.63) is 57.3 Å². The fourth-order valence-electron chi connectivity index (χ4n) is 2.20. The van der Waals surface area contributed by atoms with Gasteiger partial charge in [0.25, 0.3) is 0 Å². The first-order chi connectivity index (χ1) is 8.20. The van der Waals surface area contributed by atoms with E-state index in [2.05, 4.69) is 54.9 Å². The largest absolute Gasteiger partial charge is 0.313 e. The molecule has 90 valence electrons. The molecule has 0 spiro atoms. The minimum absolute atomic E-state index is 0.419. The van der Waals surface area contributed by atoms with Crippen molar-refractivity contribution in [1.82, 2.24) is 5.32 Å². The van der Waals surface area contributed by atoms with Crippen LogP contribution in [0.5, 0.6) is 0 Å². The summed E-state index contributed by atoms with van der Waals surface area (Å²) in [5.74, 6) is 0. The van der Waals surface area contributed by atoms with E-state index in [0.29, 0.717) is 6.04 Å². The van der Waals surface area contributed by atoms with Gasteiger partial charge in [0.1, 0.15) is 0 Å². The summed E-state index contributed by atoms with van der Waals surface area (Å²) in [6.07, 6.45) is 1.05. The Morgan fingerprint density at radius 1 is 1.24 bits per heavy atom. The van der Waals surface area contributed by atoms with Crippen LogP contribution in [0.1, 0.15) is 27.6 Å². The van der Waals surface area contributed by atoms with E-state index in [1.54, 1.807) is 0 Å². The van der Waals surface area contributed by atoms with Gasteiger partial charge in [-0.25, -0.2) is 0 Å². The fraction of sp³-hybridized carbons (Fsp3) is 0.333. The Morgan fingerprint density at radius 3 is 2.65 bits per heavy atom. The summed E-state index contributed by atoms with van der Waals surface area (Å²) in [5, 5.41) is 5.59. The predicted molar refractivity (Wildman–Crippen MR) is 75.7 cm³/mol. The second-order valence-electron chi connectivity index (χ2n) is 4.47. The average molecular weight is 245 g/mol. The zero-order valence-corrected chi connectivity index (χ0v) is 11.5. The lowest BCUT2D eigenvalue weighted by Crippen LogP contribution is -2.19. The third-order valence-electron chi connectivity index (χ3n) is 3.15. The van der Waals surface area contributed by atoms with Crippen LogP contribution in [0.15, 0.2) is 35.7 Å². The van der Waals surface area contributed by atoms with Crippen molar-refractivity contribution in [2.24, 2.45) is 0 Å². The lowest BCUT2D eigenvalue weighted by molar-refractivity contribution is 0.591. The van der Waals surface area contributed by atoms with Crippen LogP contribution in [0.4, 0.5) is 0 Å². The molecule has 0 aliphatic carbocycles. The van der Waals surface area contributed by atoms with Gasteiger partial charge in [0.05, 0.1) is 0 Å². The molecule has 0 saturated heterocycles. The van der Waals surface area contributed by atoms with Crippen molar-refractivity contribution in [3.63, 3.8) is 0 Å². The maximum absolute atomic E-state index is 3.42. The second-order valence-corrected chi connectivity index (χ2v) is 5.59. The maximum atomic E-state index is 3.42. The number of hydrogen-bond donors (Lipinski definition) is 1. The van der Waals surface area contributed by atoms with Gasteiger partial charge in [-0.2, -0.15) is 0 Å². The van der Waals surface area contributed by atoms with Crippen molar-refractivity contribution in [2.45, 2.75) is 26.3 Å². The van der Waals surface area contributed by atoms with Crippen LogP contribution in [0.2, 0.25) is 0 Å². The van der Waals surface area contributed by atoms with Gasteiger partial charge < -0.3 is 5.32 Å². The van der Waals surface area contributed by atoms with Gasteiger partial charge in [-0.1, -0.05) is 29.8 Å². The van der Waals surface area contributed by atoms with Crippen molar-refractivity contribution in [1.29, 1.82) is 0 Å². The van der Waals surface area contributed by atoms with Crippen LogP contribution in [-0.2, 0) is 6.42 Å². The number of thiophene rings is 1. The van der Waals surface area contributed by atoms with E-state index < -0.39 is 0 Å². The Labute approximate surface area is 108 Å². The molecular weight excluding hydrogens is 226 g/mol.